The minimum Gasteiger partial charge on any atom is -0.387 e. The molecule has 3 rings (SSSR count). The topological polar surface area (TPSA) is 39.6 Å². The number of piperidine rings is 2. The highest BCUT2D eigenvalue weighted by atomic mass is 16.3. The van der Waals surface area contributed by atoms with Crippen LogP contribution < -0.4 is 4.90 Å². The smallest absolute Gasteiger partial charge is 0.0931 e. The monoisotopic (exact) mass is 289 g/mol. The molecule has 4 heteroatoms. The van der Waals surface area contributed by atoms with Gasteiger partial charge in [0.05, 0.1) is 23.7 Å². The number of aliphatic hydroxyl groups is 1. The van der Waals surface area contributed by atoms with Crippen LogP contribution in [0, 0.1) is 0 Å². The van der Waals surface area contributed by atoms with Gasteiger partial charge in [-0.2, -0.15) is 0 Å². The lowest BCUT2D eigenvalue weighted by molar-refractivity contribution is 0.141. The predicted octanol–water partition coefficient (Wildman–Crippen LogP) is 2.59. The fourth-order valence-corrected chi connectivity index (χ4v) is 3.60. The maximum atomic E-state index is 9.52. The standard InChI is InChI=1S/C17H27N3O/c1-14(21)17-6-5-16(13-18-17)20-11-7-15(8-12-20)19-9-3-2-4-10-19/h5-6,13-15,21H,2-4,7-12H2,1H3. The maximum absolute atomic E-state index is 9.52. The second kappa shape index (κ2) is 6.75. The van der Waals surface area contributed by atoms with Gasteiger partial charge in [-0.15, -0.1) is 0 Å². The van der Waals surface area contributed by atoms with Crippen molar-refractivity contribution in [1.82, 2.24) is 9.88 Å². The van der Waals surface area contributed by atoms with E-state index in [1.54, 1.807) is 6.92 Å². The van der Waals surface area contributed by atoms with Gasteiger partial charge in [-0.05, 0) is 57.8 Å². The molecule has 2 aliphatic heterocycles. The molecule has 2 aliphatic rings. The largest absolute Gasteiger partial charge is 0.387 e. The number of hydrogen-bond acceptors (Lipinski definition) is 4. The third-order valence-corrected chi connectivity index (χ3v) is 4.94. The minimum atomic E-state index is -0.483. The van der Waals surface area contributed by atoms with Gasteiger partial charge in [0.1, 0.15) is 0 Å². The summed E-state index contributed by atoms with van der Waals surface area (Å²) >= 11 is 0. The van der Waals surface area contributed by atoms with Gasteiger partial charge in [-0.25, -0.2) is 0 Å². The van der Waals surface area contributed by atoms with Crippen molar-refractivity contribution in [2.45, 2.75) is 51.2 Å². The second-order valence-corrected chi connectivity index (χ2v) is 6.43. The molecule has 4 nitrogen and oxygen atoms in total. The van der Waals surface area contributed by atoms with Crippen LogP contribution in [0.1, 0.15) is 50.8 Å². The fraction of sp³-hybridized carbons (Fsp3) is 0.706. The van der Waals surface area contributed by atoms with Crippen molar-refractivity contribution in [3.05, 3.63) is 24.0 Å². The average Bonchev–Trinajstić information content (AvgIpc) is 2.56. The first-order chi connectivity index (χ1) is 10.2. The van der Waals surface area contributed by atoms with Crippen LogP contribution >= 0.6 is 0 Å². The van der Waals surface area contributed by atoms with Crippen molar-refractivity contribution >= 4 is 5.69 Å². The number of anilines is 1. The van der Waals surface area contributed by atoms with Crippen LogP contribution in [0.15, 0.2) is 18.3 Å². The molecule has 0 radical (unpaired) electrons. The van der Waals surface area contributed by atoms with Crippen LogP contribution in [0.3, 0.4) is 0 Å². The molecule has 1 aromatic heterocycles. The van der Waals surface area contributed by atoms with Crippen LogP contribution in [-0.2, 0) is 0 Å². The molecular formula is C17H27N3O. The molecule has 0 bridgehead atoms. The van der Waals surface area contributed by atoms with E-state index in [-0.39, 0.29) is 0 Å². The van der Waals surface area contributed by atoms with E-state index in [1.807, 2.05) is 12.3 Å². The van der Waals surface area contributed by atoms with Gasteiger partial charge >= 0.3 is 0 Å². The van der Waals surface area contributed by atoms with Crippen molar-refractivity contribution in [3.8, 4) is 0 Å². The third-order valence-electron chi connectivity index (χ3n) is 4.94. The molecule has 0 saturated carbocycles. The minimum absolute atomic E-state index is 0.483. The molecule has 1 atom stereocenters. The zero-order chi connectivity index (χ0) is 14.7. The first-order valence-corrected chi connectivity index (χ1v) is 8.37. The zero-order valence-electron chi connectivity index (χ0n) is 13.0. The van der Waals surface area contributed by atoms with E-state index < -0.39 is 6.10 Å². The van der Waals surface area contributed by atoms with Gasteiger partial charge in [0, 0.05) is 19.1 Å². The van der Waals surface area contributed by atoms with E-state index in [2.05, 4.69) is 20.9 Å². The third kappa shape index (κ3) is 3.55. The maximum Gasteiger partial charge on any atom is 0.0931 e. The average molecular weight is 289 g/mol. The number of nitrogens with zero attached hydrogens (tertiary/aromatic N) is 3. The van der Waals surface area contributed by atoms with Crippen LogP contribution in [0.25, 0.3) is 0 Å². The second-order valence-electron chi connectivity index (χ2n) is 6.43. The van der Waals surface area contributed by atoms with Gasteiger partial charge in [0.25, 0.3) is 0 Å². The lowest BCUT2D eigenvalue weighted by atomic mass is 9.99. The Morgan fingerprint density at radius 2 is 1.81 bits per heavy atom. The van der Waals surface area contributed by atoms with Gasteiger partial charge in [-0.1, -0.05) is 6.42 Å². The van der Waals surface area contributed by atoms with Crippen molar-refractivity contribution in [2.24, 2.45) is 0 Å². The molecule has 1 aromatic rings. The Morgan fingerprint density at radius 1 is 1.10 bits per heavy atom. The molecule has 1 unspecified atom stereocenters. The first kappa shape index (κ1) is 14.8. The molecule has 2 fully saturated rings. The van der Waals surface area contributed by atoms with E-state index in [1.165, 1.54) is 50.9 Å². The van der Waals surface area contributed by atoms with Crippen LogP contribution in [0.2, 0.25) is 0 Å². The number of aliphatic hydroxyl groups excluding tert-OH is 1. The molecule has 0 spiro atoms. The van der Waals surface area contributed by atoms with Gasteiger partial charge < -0.3 is 14.9 Å². The highest BCUT2D eigenvalue weighted by molar-refractivity contribution is 5.45. The highest BCUT2D eigenvalue weighted by Crippen LogP contribution is 2.24. The Kier molecular flexibility index (Phi) is 4.76. The Morgan fingerprint density at radius 3 is 2.38 bits per heavy atom. The summed E-state index contributed by atoms with van der Waals surface area (Å²) in [6, 6.07) is 4.82. The van der Waals surface area contributed by atoms with Crippen molar-refractivity contribution < 1.29 is 5.11 Å². The molecule has 116 valence electrons. The SMILES string of the molecule is CC(O)c1ccc(N2CCC(N3CCCCC3)CC2)cn1. The summed E-state index contributed by atoms with van der Waals surface area (Å²) in [5.41, 5.74) is 1.94. The van der Waals surface area contributed by atoms with Crippen molar-refractivity contribution in [3.63, 3.8) is 0 Å². The summed E-state index contributed by atoms with van der Waals surface area (Å²) in [5.74, 6) is 0. The Hall–Kier alpha value is -1.13. The summed E-state index contributed by atoms with van der Waals surface area (Å²) in [5, 5.41) is 9.52. The summed E-state index contributed by atoms with van der Waals surface area (Å²) in [4.78, 5) is 9.49. The number of pyridine rings is 1. The van der Waals surface area contributed by atoms with Gasteiger partial charge in [0.2, 0.25) is 0 Å². The summed E-state index contributed by atoms with van der Waals surface area (Å²) in [6.07, 6.45) is 8.12. The first-order valence-electron chi connectivity index (χ1n) is 8.37. The van der Waals surface area contributed by atoms with Gasteiger partial charge in [-0.3, -0.25) is 4.98 Å². The van der Waals surface area contributed by atoms with E-state index in [0.717, 1.165) is 24.8 Å². The molecular weight excluding hydrogens is 262 g/mol. The number of likely N-dealkylation sites (tertiary alicyclic amines) is 1. The van der Waals surface area contributed by atoms with Gasteiger partial charge in [0.15, 0.2) is 0 Å². The van der Waals surface area contributed by atoms with Crippen LogP contribution in [0.5, 0.6) is 0 Å². The number of rotatable bonds is 3. The molecule has 0 aliphatic carbocycles. The number of hydrogen-bond donors (Lipinski definition) is 1. The summed E-state index contributed by atoms with van der Waals surface area (Å²) in [6.45, 7) is 6.60. The lowest BCUT2D eigenvalue weighted by Crippen LogP contribution is -2.46. The van der Waals surface area contributed by atoms with E-state index >= 15 is 0 Å². The molecule has 2 saturated heterocycles. The number of aromatic nitrogens is 1. The summed E-state index contributed by atoms with van der Waals surface area (Å²) in [7, 11) is 0. The van der Waals surface area contributed by atoms with Crippen LogP contribution in [0.4, 0.5) is 5.69 Å². The molecule has 0 amide bonds. The van der Waals surface area contributed by atoms with Crippen molar-refractivity contribution in [1.29, 1.82) is 0 Å². The van der Waals surface area contributed by atoms with E-state index in [4.69, 9.17) is 0 Å². The fourth-order valence-electron chi connectivity index (χ4n) is 3.60. The Bertz CT molecular complexity index is 432. The van der Waals surface area contributed by atoms with E-state index in [9.17, 15) is 5.11 Å². The molecule has 21 heavy (non-hydrogen) atoms. The Balaban J connectivity index is 1.55. The van der Waals surface area contributed by atoms with Crippen LogP contribution in [-0.4, -0.2) is 47.2 Å². The highest BCUT2D eigenvalue weighted by Gasteiger charge is 2.25. The lowest BCUT2D eigenvalue weighted by Gasteiger charge is -2.40. The quantitative estimate of drug-likeness (QED) is 0.928. The summed E-state index contributed by atoms with van der Waals surface area (Å²) < 4.78 is 0. The normalized spacial score (nSPS) is 23.2. The van der Waals surface area contributed by atoms with E-state index in [0.29, 0.717) is 0 Å². The van der Waals surface area contributed by atoms with Crippen molar-refractivity contribution in [2.75, 3.05) is 31.1 Å². The molecule has 3 heterocycles. The zero-order valence-corrected chi connectivity index (χ0v) is 13.0. The molecule has 1 N–H and O–H groups in total. The Labute approximate surface area is 127 Å². The predicted molar refractivity (Wildman–Crippen MR) is 85.5 cm³/mol. The molecule has 0 aromatic carbocycles.